The minimum atomic E-state index is -0.440. The van der Waals surface area contributed by atoms with E-state index in [0.29, 0.717) is 5.92 Å². The smallest absolute Gasteiger partial charge is 0.236 e. The predicted molar refractivity (Wildman–Crippen MR) is 90.6 cm³/mol. The number of rotatable bonds is 5. The molecule has 1 atom stereocenters. The van der Waals surface area contributed by atoms with Crippen molar-refractivity contribution in [1.82, 2.24) is 5.32 Å². The van der Waals surface area contributed by atoms with Crippen molar-refractivity contribution in [2.45, 2.75) is 68.6 Å². The van der Waals surface area contributed by atoms with Crippen LogP contribution in [0.15, 0.2) is 35.2 Å². The molecule has 1 amide bonds. The SMILES string of the molecule is C[C@H](NC(=O)C(C)(C)Sc1ccccc1)C1CCCCC1. The molecule has 0 aliphatic heterocycles. The number of hydrogen-bond donors (Lipinski definition) is 1. The maximum atomic E-state index is 12.6. The number of nitrogens with one attached hydrogen (secondary N) is 1. The summed E-state index contributed by atoms with van der Waals surface area (Å²) >= 11 is 1.63. The number of thioether (sulfide) groups is 1. The van der Waals surface area contributed by atoms with Gasteiger partial charge in [-0.15, -0.1) is 11.8 Å². The Labute approximate surface area is 133 Å². The van der Waals surface area contributed by atoms with Crippen LogP contribution in [-0.4, -0.2) is 16.7 Å². The largest absolute Gasteiger partial charge is 0.352 e. The third kappa shape index (κ3) is 4.77. The van der Waals surface area contributed by atoms with Gasteiger partial charge in [0.25, 0.3) is 0 Å². The van der Waals surface area contributed by atoms with Crippen molar-refractivity contribution >= 4 is 17.7 Å². The molecule has 1 aromatic carbocycles. The van der Waals surface area contributed by atoms with Crippen molar-refractivity contribution in [3.8, 4) is 0 Å². The lowest BCUT2D eigenvalue weighted by molar-refractivity contribution is -0.123. The van der Waals surface area contributed by atoms with E-state index in [1.165, 1.54) is 32.1 Å². The molecule has 0 unspecified atom stereocenters. The average molecular weight is 305 g/mol. The maximum absolute atomic E-state index is 12.6. The first-order valence-corrected chi connectivity index (χ1v) is 8.86. The summed E-state index contributed by atoms with van der Waals surface area (Å²) in [7, 11) is 0. The lowest BCUT2D eigenvalue weighted by atomic mass is 9.84. The second-order valence-electron chi connectivity index (χ2n) is 6.59. The summed E-state index contributed by atoms with van der Waals surface area (Å²) < 4.78 is -0.440. The first-order valence-electron chi connectivity index (χ1n) is 8.04. The zero-order valence-electron chi connectivity index (χ0n) is 13.4. The van der Waals surface area contributed by atoms with Crippen LogP contribution in [-0.2, 0) is 4.79 Å². The minimum absolute atomic E-state index is 0.148. The molecule has 21 heavy (non-hydrogen) atoms. The van der Waals surface area contributed by atoms with E-state index in [0.717, 1.165) is 4.90 Å². The highest BCUT2D eigenvalue weighted by molar-refractivity contribution is 8.01. The summed E-state index contributed by atoms with van der Waals surface area (Å²) in [4.78, 5) is 13.7. The third-order valence-corrected chi connectivity index (χ3v) is 5.58. The molecule has 0 radical (unpaired) electrons. The van der Waals surface area contributed by atoms with Crippen LogP contribution in [0.25, 0.3) is 0 Å². The lowest BCUT2D eigenvalue weighted by Crippen LogP contribution is -2.46. The molecular weight excluding hydrogens is 278 g/mol. The first-order chi connectivity index (χ1) is 9.99. The van der Waals surface area contributed by atoms with Crippen molar-refractivity contribution in [3.05, 3.63) is 30.3 Å². The topological polar surface area (TPSA) is 29.1 Å². The Hall–Kier alpha value is -0.960. The minimum Gasteiger partial charge on any atom is -0.352 e. The van der Waals surface area contributed by atoms with Gasteiger partial charge in [0.15, 0.2) is 0 Å². The molecule has 1 aliphatic carbocycles. The maximum Gasteiger partial charge on any atom is 0.236 e. The van der Waals surface area contributed by atoms with Gasteiger partial charge in [-0.1, -0.05) is 37.5 Å². The van der Waals surface area contributed by atoms with Gasteiger partial charge >= 0.3 is 0 Å². The molecule has 0 spiro atoms. The van der Waals surface area contributed by atoms with Crippen molar-refractivity contribution < 1.29 is 4.79 Å². The van der Waals surface area contributed by atoms with Crippen LogP contribution < -0.4 is 5.32 Å². The molecule has 3 heteroatoms. The van der Waals surface area contributed by atoms with Crippen LogP contribution in [0.4, 0.5) is 0 Å². The summed E-state index contributed by atoms with van der Waals surface area (Å²) in [5, 5.41) is 3.25. The normalized spacial score (nSPS) is 18.2. The monoisotopic (exact) mass is 305 g/mol. The van der Waals surface area contributed by atoms with Crippen molar-refractivity contribution in [2.24, 2.45) is 5.92 Å². The van der Waals surface area contributed by atoms with Crippen molar-refractivity contribution in [3.63, 3.8) is 0 Å². The van der Waals surface area contributed by atoms with Crippen molar-refractivity contribution in [1.29, 1.82) is 0 Å². The van der Waals surface area contributed by atoms with Crippen LogP contribution >= 0.6 is 11.8 Å². The van der Waals surface area contributed by atoms with Gasteiger partial charge in [-0.3, -0.25) is 4.79 Å². The van der Waals surface area contributed by atoms with E-state index in [-0.39, 0.29) is 11.9 Å². The van der Waals surface area contributed by atoms with Crippen LogP contribution in [0.1, 0.15) is 52.9 Å². The van der Waals surface area contributed by atoms with E-state index in [4.69, 9.17) is 0 Å². The van der Waals surface area contributed by atoms with Crippen LogP contribution in [0.5, 0.6) is 0 Å². The van der Waals surface area contributed by atoms with Crippen LogP contribution in [0.2, 0.25) is 0 Å². The zero-order chi connectivity index (χ0) is 15.3. The van der Waals surface area contributed by atoms with E-state index < -0.39 is 4.75 Å². The molecular formula is C18H27NOS. The van der Waals surface area contributed by atoms with Gasteiger partial charge in [0, 0.05) is 10.9 Å². The van der Waals surface area contributed by atoms with Gasteiger partial charge in [0.1, 0.15) is 0 Å². The summed E-state index contributed by atoms with van der Waals surface area (Å²) in [5.41, 5.74) is 0. The molecule has 0 saturated heterocycles. The number of amides is 1. The van der Waals surface area contributed by atoms with E-state index >= 15 is 0 Å². The van der Waals surface area contributed by atoms with Crippen molar-refractivity contribution in [2.75, 3.05) is 0 Å². The fraction of sp³-hybridized carbons (Fsp3) is 0.611. The third-order valence-electron chi connectivity index (χ3n) is 4.38. The van der Waals surface area contributed by atoms with E-state index in [1.54, 1.807) is 11.8 Å². The fourth-order valence-corrected chi connectivity index (χ4v) is 4.00. The van der Waals surface area contributed by atoms with Crippen LogP contribution in [0.3, 0.4) is 0 Å². The molecule has 2 rings (SSSR count). The fourth-order valence-electron chi connectivity index (χ4n) is 2.96. The second kappa shape index (κ2) is 7.35. The summed E-state index contributed by atoms with van der Waals surface area (Å²) in [6, 6.07) is 10.4. The number of benzene rings is 1. The first kappa shape index (κ1) is 16.4. The Balaban J connectivity index is 1.91. The molecule has 1 aliphatic rings. The standard InChI is InChI=1S/C18H27NOS/c1-14(15-10-6-4-7-11-15)19-17(20)18(2,3)21-16-12-8-5-9-13-16/h5,8-9,12-15H,4,6-7,10-11H2,1-3H3,(H,19,20)/t14-/m0/s1. The highest BCUT2D eigenvalue weighted by atomic mass is 32.2. The van der Waals surface area contributed by atoms with Gasteiger partial charge in [0.2, 0.25) is 5.91 Å². The van der Waals surface area contributed by atoms with E-state index in [2.05, 4.69) is 24.4 Å². The molecule has 1 N–H and O–H groups in total. The Kier molecular flexibility index (Phi) is 5.74. The molecule has 1 saturated carbocycles. The Morgan fingerprint density at radius 3 is 2.43 bits per heavy atom. The molecule has 2 nitrogen and oxygen atoms in total. The Bertz CT molecular complexity index is 452. The Morgan fingerprint density at radius 2 is 1.81 bits per heavy atom. The molecule has 1 aromatic rings. The quantitative estimate of drug-likeness (QED) is 0.803. The molecule has 0 heterocycles. The molecule has 0 bridgehead atoms. The molecule has 0 aromatic heterocycles. The second-order valence-corrected chi connectivity index (χ2v) is 8.28. The molecule has 1 fully saturated rings. The number of carbonyl (C=O) groups excluding carboxylic acids is 1. The molecule has 116 valence electrons. The highest BCUT2D eigenvalue weighted by Crippen LogP contribution is 2.33. The average Bonchev–Trinajstić information content (AvgIpc) is 2.48. The summed E-state index contributed by atoms with van der Waals surface area (Å²) in [5.74, 6) is 0.801. The van der Waals surface area contributed by atoms with E-state index in [1.807, 2.05) is 32.0 Å². The van der Waals surface area contributed by atoms with Gasteiger partial charge in [-0.2, -0.15) is 0 Å². The Morgan fingerprint density at radius 1 is 1.19 bits per heavy atom. The van der Waals surface area contributed by atoms with Gasteiger partial charge in [-0.05, 0) is 51.7 Å². The van der Waals surface area contributed by atoms with Gasteiger partial charge in [-0.25, -0.2) is 0 Å². The summed E-state index contributed by atoms with van der Waals surface area (Å²) in [6.07, 6.45) is 6.49. The highest BCUT2D eigenvalue weighted by Gasteiger charge is 2.31. The zero-order valence-corrected chi connectivity index (χ0v) is 14.2. The summed E-state index contributed by atoms with van der Waals surface area (Å²) in [6.45, 7) is 6.18. The number of carbonyl (C=O) groups is 1. The van der Waals surface area contributed by atoms with E-state index in [9.17, 15) is 4.79 Å². The number of hydrogen-bond acceptors (Lipinski definition) is 2. The lowest BCUT2D eigenvalue weighted by Gasteiger charge is -2.31. The predicted octanol–water partition coefficient (Wildman–Crippen LogP) is 4.64. The van der Waals surface area contributed by atoms with Gasteiger partial charge in [0.05, 0.1) is 4.75 Å². The van der Waals surface area contributed by atoms with Crippen LogP contribution in [0, 0.1) is 5.92 Å². The van der Waals surface area contributed by atoms with Gasteiger partial charge < -0.3 is 5.32 Å².